The summed E-state index contributed by atoms with van der Waals surface area (Å²) >= 11 is 0. The SMILES string of the molecule is O=C(c1cc(S(=O)(=O)Nc2cc(C(F)(F)F)ccc2O)c[nH]1)N1CCCC1. The second-order valence-electron chi connectivity index (χ2n) is 6.08. The molecule has 0 atom stereocenters. The van der Waals surface area contributed by atoms with Gasteiger partial charge >= 0.3 is 6.18 Å². The lowest BCUT2D eigenvalue weighted by Gasteiger charge is -2.13. The van der Waals surface area contributed by atoms with E-state index in [-0.39, 0.29) is 16.5 Å². The van der Waals surface area contributed by atoms with Crippen molar-refractivity contribution in [1.82, 2.24) is 9.88 Å². The fourth-order valence-electron chi connectivity index (χ4n) is 2.74. The second-order valence-corrected chi connectivity index (χ2v) is 7.77. The molecule has 0 saturated carbocycles. The van der Waals surface area contributed by atoms with Crippen LogP contribution in [-0.4, -0.2) is 42.4 Å². The van der Waals surface area contributed by atoms with Crippen LogP contribution in [0.25, 0.3) is 0 Å². The Hall–Kier alpha value is -2.69. The number of carbonyl (C=O) groups is 1. The van der Waals surface area contributed by atoms with Crippen LogP contribution >= 0.6 is 0 Å². The van der Waals surface area contributed by atoms with E-state index in [1.54, 1.807) is 4.90 Å². The molecule has 2 heterocycles. The van der Waals surface area contributed by atoms with Crippen LogP contribution in [0.3, 0.4) is 0 Å². The largest absolute Gasteiger partial charge is 0.506 e. The first kappa shape index (κ1) is 19.1. The van der Waals surface area contributed by atoms with Gasteiger partial charge in [0.2, 0.25) is 0 Å². The van der Waals surface area contributed by atoms with E-state index in [0.29, 0.717) is 25.2 Å². The van der Waals surface area contributed by atoms with Crippen LogP contribution < -0.4 is 4.72 Å². The number of phenolic OH excluding ortho intramolecular Hbond substituents is 1. The smallest absolute Gasteiger partial charge is 0.416 e. The third-order valence-corrected chi connectivity index (χ3v) is 5.50. The number of H-pyrrole nitrogens is 1. The van der Waals surface area contributed by atoms with Gasteiger partial charge < -0.3 is 15.0 Å². The van der Waals surface area contributed by atoms with Gasteiger partial charge in [0, 0.05) is 19.3 Å². The van der Waals surface area contributed by atoms with Crippen molar-refractivity contribution >= 4 is 21.6 Å². The number of halogens is 3. The fraction of sp³-hybridized carbons (Fsp3) is 0.312. The summed E-state index contributed by atoms with van der Waals surface area (Å²) in [6.45, 7) is 1.16. The number of sulfonamides is 1. The molecule has 146 valence electrons. The Morgan fingerprint density at radius 3 is 2.48 bits per heavy atom. The van der Waals surface area contributed by atoms with E-state index >= 15 is 0 Å². The Bertz CT molecular complexity index is 964. The minimum absolute atomic E-state index is 0.0607. The molecule has 11 heteroatoms. The molecule has 1 aromatic carbocycles. The summed E-state index contributed by atoms with van der Waals surface area (Å²) in [5.74, 6) is -1.01. The molecule has 0 aliphatic carbocycles. The normalized spacial score (nSPS) is 15.1. The lowest BCUT2D eigenvalue weighted by molar-refractivity contribution is -0.137. The number of aromatic nitrogens is 1. The van der Waals surface area contributed by atoms with Crippen molar-refractivity contribution in [2.45, 2.75) is 23.9 Å². The molecule has 1 amide bonds. The van der Waals surface area contributed by atoms with Gasteiger partial charge in [-0.25, -0.2) is 8.42 Å². The van der Waals surface area contributed by atoms with Crippen LogP contribution in [0.4, 0.5) is 18.9 Å². The van der Waals surface area contributed by atoms with Crippen LogP contribution in [0, 0.1) is 0 Å². The molecule has 0 unspecified atom stereocenters. The molecule has 7 nitrogen and oxygen atoms in total. The number of phenols is 1. The highest BCUT2D eigenvalue weighted by Crippen LogP contribution is 2.35. The Balaban J connectivity index is 1.84. The molecule has 1 aromatic heterocycles. The van der Waals surface area contributed by atoms with Crippen molar-refractivity contribution in [2.75, 3.05) is 17.8 Å². The standard InChI is InChI=1S/C16H16F3N3O4S/c17-16(18,19)10-3-4-14(23)12(7-10)21-27(25,26)11-8-13(20-9-11)15(24)22-5-1-2-6-22/h3-4,7-9,20-21,23H,1-2,5-6H2. The predicted molar refractivity (Wildman–Crippen MR) is 89.8 cm³/mol. The minimum atomic E-state index is -4.70. The van der Waals surface area contributed by atoms with E-state index in [9.17, 15) is 31.5 Å². The molecule has 3 N–H and O–H groups in total. The Kier molecular flexibility index (Phi) is 4.81. The Morgan fingerprint density at radius 2 is 1.85 bits per heavy atom. The van der Waals surface area contributed by atoms with Crippen molar-refractivity contribution < 1.29 is 31.5 Å². The quantitative estimate of drug-likeness (QED) is 0.683. The summed E-state index contributed by atoms with van der Waals surface area (Å²) in [6, 6.07) is 2.99. The van der Waals surface area contributed by atoms with Crippen molar-refractivity contribution in [1.29, 1.82) is 0 Å². The van der Waals surface area contributed by atoms with Gasteiger partial charge in [-0.2, -0.15) is 13.2 Å². The monoisotopic (exact) mass is 403 g/mol. The fourth-order valence-corrected chi connectivity index (χ4v) is 3.80. The molecule has 27 heavy (non-hydrogen) atoms. The number of hydrogen-bond acceptors (Lipinski definition) is 4. The number of aromatic hydroxyl groups is 1. The zero-order valence-electron chi connectivity index (χ0n) is 13.9. The number of aromatic amines is 1. The number of carbonyl (C=O) groups excluding carboxylic acids is 1. The highest BCUT2D eigenvalue weighted by Gasteiger charge is 2.32. The van der Waals surface area contributed by atoms with E-state index in [1.807, 2.05) is 4.72 Å². The van der Waals surface area contributed by atoms with Crippen LogP contribution in [0.2, 0.25) is 0 Å². The molecule has 1 fully saturated rings. The van der Waals surface area contributed by atoms with Crippen LogP contribution in [0.15, 0.2) is 35.4 Å². The molecule has 0 radical (unpaired) electrons. The van der Waals surface area contributed by atoms with Gasteiger partial charge in [-0.15, -0.1) is 0 Å². The van der Waals surface area contributed by atoms with Gasteiger partial charge in [0.25, 0.3) is 15.9 Å². The number of hydrogen-bond donors (Lipinski definition) is 3. The molecule has 3 rings (SSSR count). The first-order chi connectivity index (χ1) is 12.6. The summed E-state index contributed by atoms with van der Waals surface area (Å²) in [6.07, 6.45) is -1.89. The molecule has 0 bridgehead atoms. The van der Waals surface area contributed by atoms with E-state index in [1.165, 1.54) is 0 Å². The first-order valence-corrected chi connectivity index (χ1v) is 9.47. The second kappa shape index (κ2) is 6.80. The number of benzene rings is 1. The molecule has 1 aliphatic heterocycles. The number of nitrogens with one attached hydrogen (secondary N) is 2. The Labute approximate surface area is 152 Å². The summed E-state index contributed by atoms with van der Waals surface area (Å²) in [5, 5.41) is 9.69. The predicted octanol–water partition coefficient (Wildman–Crippen LogP) is 2.78. The maximum Gasteiger partial charge on any atom is 0.416 e. The van der Waals surface area contributed by atoms with E-state index < -0.39 is 33.2 Å². The van der Waals surface area contributed by atoms with Gasteiger partial charge in [0.05, 0.1) is 11.3 Å². The zero-order chi connectivity index (χ0) is 19.8. The van der Waals surface area contributed by atoms with E-state index in [4.69, 9.17) is 0 Å². The third-order valence-electron chi connectivity index (χ3n) is 4.16. The maximum absolute atomic E-state index is 12.8. The summed E-state index contributed by atoms with van der Waals surface area (Å²) in [5.41, 5.74) is -1.67. The van der Waals surface area contributed by atoms with E-state index in [2.05, 4.69) is 4.98 Å². The van der Waals surface area contributed by atoms with Crippen LogP contribution in [-0.2, 0) is 16.2 Å². The lowest BCUT2D eigenvalue weighted by atomic mass is 10.2. The molecular weight excluding hydrogens is 387 g/mol. The highest BCUT2D eigenvalue weighted by atomic mass is 32.2. The summed E-state index contributed by atoms with van der Waals surface area (Å²) < 4.78 is 65.1. The molecule has 1 saturated heterocycles. The summed E-state index contributed by atoms with van der Waals surface area (Å²) in [7, 11) is -4.31. The number of likely N-dealkylation sites (tertiary alicyclic amines) is 1. The minimum Gasteiger partial charge on any atom is -0.506 e. The number of nitrogens with zero attached hydrogens (tertiary/aromatic N) is 1. The van der Waals surface area contributed by atoms with Crippen LogP contribution in [0.5, 0.6) is 5.75 Å². The topological polar surface area (TPSA) is 102 Å². The van der Waals surface area contributed by atoms with Gasteiger partial charge in [0.15, 0.2) is 0 Å². The third kappa shape index (κ3) is 4.02. The van der Waals surface area contributed by atoms with E-state index in [0.717, 1.165) is 31.2 Å². The molecule has 1 aliphatic rings. The maximum atomic E-state index is 12.8. The van der Waals surface area contributed by atoms with Gasteiger partial charge in [-0.3, -0.25) is 9.52 Å². The van der Waals surface area contributed by atoms with Gasteiger partial charge in [-0.1, -0.05) is 0 Å². The summed E-state index contributed by atoms with van der Waals surface area (Å²) in [4.78, 5) is 16.1. The molecular formula is C16H16F3N3O4S. The zero-order valence-corrected chi connectivity index (χ0v) is 14.7. The van der Waals surface area contributed by atoms with Crippen LogP contribution in [0.1, 0.15) is 28.9 Å². The van der Waals surface area contributed by atoms with Gasteiger partial charge in [0.1, 0.15) is 16.3 Å². The van der Waals surface area contributed by atoms with Gasteiger partial charge in [-0.05, 0) is 37.1 Å². The lowest BCUT2D eigenvalue weighted by Crippen LogP contribution is -2.27. The number of rotatable bonds is 4. The molecule has 0 spiro atoms. The molecule has 2 aromatic rings. The number of alkyl halides is 3. The number of amides is 1. The highest BCUT2D eigenvalue weighted by molar-refractivity contribution is 7.92. The van der Waals surface area contributed by atoms with Crippen molar-refractivity contribution in [3.63, 3.8) is 0 Å². The number of anilines is 1. The van der Waals surface area contributed by atoms with Crippen molar-refractivity contribution in [3.8, 4) is 5.75 Å². The first-order valence-electron chi connectivity index (χ1n) is 7.99. The average Bonchev–Trinajstić information content (AvgIpc) is 3.27. The average molecular weight is 403 g/mol. The van der Waals surface area contributed by atoms with Crippen molar-refractivity contribution in [3.05, 3.63) is 41.7 Å². The Morgan fingerprint density at radius 1 is 1.19 bits per heavy atom. The van der Waals surface area contributed by atoms with Crippen molar-refractivity contribution in [2.24, 2.45) is 0 Å².